The Morgan fingerprint density at radius 3 is 2.64 bits per heavy atom. The second kappa shape index (κ2) is 8.66. The Bertz CT molecular complexity index is 842. The number of pyridine rings is 2. The lowest BCUT2D eigenvalue weighted by Crippen LogP contribution is -2.47. The van der Waals surface area contributed by atoms with Crippen molar-refractivity contribution in [3.05, 3.63) is 57.1 Å². The Labute approximate surface area is 171 Å². The van der Waals surface area contributed by atoms with E-state index < -0.39 is 0 Å². The van der Waals surface area contributed by atoms with Crippen LogP contribution >= 0.6 is 11.6 Å². The fourth-order valence-corrected chi connectivity index (χ4v) is 4.75. The monoisotopic (exact) mass is 400 g/mol. The van der Waals surface area contributed by atoms with Gasteiger partial charge in [-0.1, -0.05) is 24.6 Å². The van der Waals surface area contributed by atoms with Crippen molar-refractivity contribution >= 4 is 17.4 Å². The molecule has 1 aliphatic heterocycles. The molecule has 5 nitrogen and oxygen atoms in total. The summed E-state index contributed by atoms with van der Waals surface area (Å²) in [5.74, 6) is 2.24. The van der Waals surface area contributed by atoms with Crippen molar-refractivity contribution < 1.29 is 0 Å². The van der Waals surface area contributed by atoms with Gasteiger partial charge in [-0.15, -0.1) is 0 Å². The SMILES string of the molecule is CCc1ccc([C@@H]2CCC(CN3CCN(c4ccc(Cl)cn4)CC3)C2)[nH]c1=O. The van der Waals surface area contributed by atoms with Crippen LogP contribution in [0, 0.1) is 5.92 Å². The Kier molecular flexibility index (Phi) is 6.02. The van der Waals surface area contributed by atoms with Gasteiger partial charge in [0.15, 0.2) is 0 Å². The smallest absolute Gasteiger partial charge is 0.251 e. The van der Waals surface area contributed by atoms with Crippen LogP contribution in [0.4, 0.5) is 5.82 Å². The molecule has 0 bridgehead atoms. The van der Waals surface area contributed by atoms with Crippen LogP contribution in [0.15, 0.2) is 35.3 Å². The summed E-state index contributed by atoms with van der Waals surface area (Å²) in [5.41, 5.74) is 2.10. The van der Waals surface area contributed by atoms with Crippen molar-refractivity contribution in [1.29, 1.82) is 0 Å². The highest BCUT2D eigenvalue weighted by molar-refractivity contribution is 6.30. The molecule has 4 rings (SSSR count). The first-order chi connectivity index (χ1) is 13.6. The number of nitrogens with one attached hydrogen (secondary N) is 1. The summed E-state index contributed by atoms with van der Waals surface area (Å²) in [6.07, 6.45) is 6.13. The standard InChI is InChI=1S/C22H29ClN4O/c1-2-17-5-7-20(25-22(17)28)18-4-3-16(13-18)15-26-9-11-27(12-10-26)21-8-6-19(23)14-24-21/h5-8,14,16,18H,2-4,9-13,15H2,1H3,(H,25,28)/t16?,18-/m1/s1. The molecule has 150 valence electrons. The number of aromatic amines is 1. The molecular weight excluding hydrogens is 372 g/mol. The molecule has 1 aliphatic carbocycles. The van der Waals surface area contributed by atoms with E-state index in [0.29, 0.717) is 10.9 Å². The van der Waals surface area contributed by atoms with Crippen molar-refractivity contribution in [3.8, 4) is 0 Å². The molecule has 1 N–H and O–H groups in total. The summed E-state index contributed by atoms with van der Waals surface area (Å²) in [4.78, 5) is 24.6. The van der Waals surface area contributed by atoms with Crippen LogP contribution in [0.25, 0.3) is 0 Å². The van der Waals surface area contributed by atoms with Gasteiger partial charge in [-0.25, -0.2) is 4.98 Å². The zero-order valence-corrected chi connectivity index (χ0v) is 17.3. The minimum atomic E-state index is 0.0929. The van der Waals surface area contributed by atoms with E-state index in [9.17, 15) is 4.79 Å². The number of aryl methyl sites for hydroxylation is 1. The molecule has 0 amide bonds. The first kappa shape index (κ1) is 19.5. The zero-order valence-electron chi connectivity index (χ0n) is 16.5. The Morgan fingerprint density at radius 1 is 1.14 bits per heavy atom. The first-order valence-electron chi connectivity index (χ1n) is 10.4. The van der Waals surface area contributed by atoms with Gasteiger partial charge in [0, 0.05) is 50.2 Å². The number of nitrogens with zero attached hydrogens (tertiary/aromatic N) is 3. The van der Waals surface area contributed by atoms with Gasteiger partial charge in [0.05, 0.1) is 5.02 Å². The fraction of sp³-hybridized carbons (Fsp3) is 0.545. The highest BCUT2D eigenvalue weighted by Gasteiger charge is 2.29. The number of rotatable bonds is 5. The summed E-state index contributed by atoms with van der Waals surface area (Å²) >= 11 is 5.94. The van der Waals surface area contributed by atoms with E-state index in [2.05, 4.69) is 25.8 Å². The first-order valence-corrected chi connectivity index (χ1v) is 10.8. The lowest BCUT2D eigenvalue weighted by Gasteiger charge is -2.36. The van der Waals surface area contributed by atoms with Gasteiger partial charge in [-0.3, -0.25) is 9.69 Å². The van der Waals surface area contributed by atoms with Crippen LogP contribution in [0.3, 0.4) is 0 Å². The molecule has 3 heterocycles. The van der Waals surface area contributed by atoms with Gasteiger partial charge >= 0.3 is 0 Å². The van der Waals surface area contributed by atoms with Crippen molar-refractivity contribution in [2.24, 2.45) is 5.92 Å². The average Bonchev–Trinajstić information content (AvgIpc) is 3.18. The number of aromatic nitrogens is 2. The second-order valence-electron chi connectivity index (χ2n) is 8.12. The largest absolute Gasteiger partial charge is 0.354 e. The highest BCUT2D eigenvalue weighted by atomic mass is 35.5. The minimum absolute atomic E-state index is 0.0929. The van der Waals surface area contributed by atoms with Crippen molar-refractivity contribution in [2.45, 2.75) is 38.5 Å². The molecule has 2 atom stereocenters. The lowest BCUT2D eigenvalue weighted by atomic mass is 10.00. The molecule has 28 heavy (non-hydrogen) atoms. The Balaban J connectivity index is 1.28. The molecule has 2 aromatic rings. The molecular formula is C22H29ClN4O. The second-order valence-corrected chi connectivity index (χ2v) is 8.56. The van der Waals surface area contributed by atoms with Gasteiger partial charge in [-0.05, 0) is 55.7 Å². The van der Waals surface area contributed by atoms with E-state index in [1.807, 2.05) is 25.1 Å². The Hall–Kier alpha value is -1.85. The van der Waals surface area contributed by atoms with Gasteiger partial charge in [0.2, 0.25) is 0 Å². The maximum atomic E-state index is 12.1. The number of anilines is 1. The summed E-state index contributed by atoms with van der Waals surface area (Å²) in [6.45, 7) is 7.36. The van der Waals surface area contributed by atoms with E-state index in [4.69, 9.17) is 11.6 Å². The summed E-state index contributed by atoms with van der Waals surface area (Å²) < 4.78 is 0. The maximum Gasteiger partial charge on any atom is 0.251 e. The maximum absolute atomic E-state index is 12.1. The molecule has 2 aliphatic rings. The molecule has 6 heteroatoms. The molecule has 2 aromatic heterocycles. The molecule has 0 aromatic carbocycles. The topological polar surface area (TPSA) is 52.2 Å². The third kappa shape index (κ3) is 4.41. The average molecular weight is 401 g/mol. The number of halogens is 1. The molecule has 0 spiro atoms. The fourth-order valence-electron chi connectivity index (χ4n) is 4.64. The van der Waals surface area contributed by atoms with Crippen LogP contribution in [0.5, 0.6) is 0 Å². The number of H-pyrrole nitrogens is 1. The van der Waals surface area contributed by atoms with Crippen molar-refractivity contribution in [3.63, 3.8) is 0 Å². The van der Waals surface area contributed by atoms with Gasteiger partial charge in [0.25, 0.3) is 5.56 Å². The van der Waals surface area contributed by atoms with Gasteiger partial charge < -0.3 is 9.88 Å². The third-order valence-corrected chi connectivity index (χ3v) is 6.52. The van der Waals surface area contributed by atoms with Crippen LogP contribution in [-0.4, -0.2) is 47.6 Å². The predicted octanol–water partition coefficient (Wildman–Crippen LogP) is 3.69. The lowest BCUT2D eigenvalue weighted by molar-refractivity contribution is 0.218. The van der Waals surface area contributed by atoms with E-state index in [0.717, 1.165) is 62.1 Å². The molecule has 2 fully saturated rings. The van der Waals surface area contributed by atoms with E-state index >= 15 is 0 Å². The van der Waals surface area contributed by atoms with E-state index in [-0.39, 0.29) is 5.56 Å². The van der Waals surface area contributed by atoms with Gasteiger partial charge in [-0.2, -0.15) is 0 Å². The van der Waals surface area contributed by atoms with Crippen LogP contribution < -0.4 is 10.5 Å². The number of piperazine rings is 1. The van der Waals surface area contributed by atoms with Gasteiger partial charge in [0.1, 0.15) is 5.82 Å². The summed E-state index contributed by atoms with van der Waals surface area (Å²) in [7, 11) is 0. The number of hydrogen-bond donors (Lipinski definition) is 1. The predicted molar refractivity (Wildman–Crippen MR) is 114 cm³/mol. The third-order valence-electron chi connectivity index (χ3n) is 6.30. The van der Waals surface area contributed by atoms with Crippen molar-refractivity contribution in [2.75, 3.05) is 37.6 Å². The normalized spacial score (nSPS) is 23.3. The van der Waals surface area contributed by atoms with E-state index in [1.54, 1.807) is 6.20 Å². The minimum Gasteiger partial charge on any atom is -0.354 e. The molecule has 1 saturated carbocycles. The van der Waals surface area contributed by atoms with Crippen molar-refractivity contribution in [1.82, 2.24) is 14.9 Å². The van der Waals surface area contributed by atoms with Crippen LogP contribution in [0.1, 0.15) is 43.4 Å². The number of hydrogen-bond acceptors (Lipinski definition) is 4. The molecule has 1 saturated heterocycles. The highest BCUT2D eigenvalue weighted by Crippen LogP contribution is 2.37. The summed E-state index contributed by atoms with van der Waals surface area (Å²) in [5, 5.41) is 0.684. The Morgan fingerprint density at radius 2 is 1.96 bits per heavy atom. The molecule has 0 radical (unpaired) electrons. The summed E-state index contributed by atoms with van der Waals surface area (Å²) in [6, 6.07) is 8.05. The van der Waals surface area contributed by atoms with E-state index in [1.165, 1.54) is 19.3 Å². The zero-order chi connectivity index (χ0) is 19.5. The molecule has 1 unspecified atom stereocenters. The quantitative estimate of drug-likeness (QED) is 0.831. The van der Waals surface area contributed by atoms with Crippen LogP contribution in [-0.2, 0) is 6.42 Å². The van der Waals surface area contributed by atoms with Crippen LogP contribution in [0.2, 0.25) is 5.02 Å².